The molecule has 144 valence electrons. The van der Waals surface area contributed by atoms with Crippen molar-refractivity contribution in [1.82, 2.24) is 25.1 Å². The van der Waals surface area contributed by atoms with Crippen molar-refractivity contribution in [3.05, 3.63) is 90.6 Å². The van der Waals surface area contributed by atoms with E-state index in [0.717, 1.165) is 28.3 Å². The largest absolute Gasteiger partial charge is 0.497 e. The van der Waals surface area contributed by atoms with Crippen molar-refractivity contribution >= 4 is 5.91 Å². The Kier molecular flexibility index (Phi) is 5.29. The molecule has 0 fully saturated rings. The van der Waals surface area contributed by atoms with Crippen molar-refractivity contribution in [3.8, 4) is 22.7 Å². The van der Waals surface area contributed by atoms with Gasteiger partial charge >= 0.3 is 0 Å². The molecule has 0 radical (unpaired) electrons. The normalized spacial score (nSPS) is 10.5. The summed E-state index contributed by atoms with van der Waals surface area (Å²) < 4.78 is 6.95. The lowest BCUT2D eigenvalue weighted by molar-refractivity contribution is 0.0950. The van der Waals surface area contributed by atoms with Crippen LogP contribution in [-0.4, -0.2) is 32.8 Å². The van der Waals surface area contributed by atoms with Crippen LogP contribution in [-0.2, 0) is 6.54 Å². The number of methoxy groups -OCH3 is 1. The molecule has 0 saturated carbocycles. The molecule has 0 aliphatic rings. The first-order chi connectivity index (χ1) is 14.2. The zero-order valence-corrected chi connectivity index (χ0v) is 15.8. The molecule has 0 unspecified atom stereocenters. The lowest BCUT2D eigenvalue weighted by Crippen LogP contribution is -2.22. The van der Waals surface area contributed by atoms with Crippen molar-refractivity contribution in [1.29, 1.82) is 0 Å². The van der Waals surface area contributed by atoms with Gasteiger partial charge in [0.25, 0.3) is 5.91 Å². The van der Waals surface area contributed by atoms with Crippen molar-refractivity contribution in [3.63, 3.8) is 0 Å². The number of nitrogens with one attached hydrogen (secondary N) is 1. The zero-order valence-electron chi connectivity index (χ0n) is 15.8. The van der Waals surface area contributed by atoms with Crippen LogP contribution < -0.4 is 10.1 Å². The first kappa shape index (κ1) is 18.4. The summed E-state index contributed by atoms with van der Waals surface area (Å²) in [5.41, 5.74) is 4.03. The maximum absolute atomic E-state index is 12.3. The number of benzene rings is 1. The zero-order chi connectivity index (χ0) is 20.1. The van der Waals surface area contributed by atoms with Crippen LogP contribution in [0.2, 0.25) is 0 Å². The molecule has 29 heavy (non-hydrogen) atoms. The molecule has 0 aliphatic heterocycles. The number of ether oxygens (including phenoxy) is 1. The maximum atomic E-state index is 12.3. The predicted octanol–water partition coefficient (Wildman–Crippen LogP) is 3.27. The number of hydrogen-bond donors (Lipinski definition) is 1. The highest BCUT2D eigenvalue weighted by Gasteiger charge is 2.09. The van der Waals surface area contributed by atoms with Crippen LogP contribution in [0.5, 0.6) is 5.75 Å². The molecule has 3 aromatic heterocycles. The number of nitrogens with zero attached hydrogens (tertiary/aromatic N) is 4. The first-order valence-corrected chi connectivity index (χ1v) is 9.05. The van der Waals surface area contributed by atoms with Gasteiger partial charge < -0.3 is 10.1 Å². The smallest absolute Gasteiger partial charge is 0.253 e. The quantitative estimate of drug-likeness (QED) is 0.551. The monoisotopic (exact) mass is 385 g/mol. The van der Waals surface area contributed by atoms with Crippen molar-refractivity contribution < 1.29 is 9.53 Å². The molecule has 3 heterocycles. The minimum absolute atomic E-state index is 0.171. The molecule has 1 amide bonds. The third-order valence-corrected chi connectivity index (χ3v) is 4.44. The fourth-order valence-electron chi connectivity index (χ4n) is 2.82. The van der Waals surface area contributed by atoms with Crippen molar-refractivity contribution in [2.45, 2.75) is 6.54 Å². The topological polar surface area (TPSA) is 81.9 Å². The molecule has 0 atom stereocenters. The van der Waals surface area contributed by atoms with Crippen LogP contribution in [0.25, 0.3) is 16.9 Å². The van der Waals surface area contributed by atoms with E-state index in [2.05, 4.69) is 20.4 Å². The maximum Gasteiger partial charge on any atom is 0.253 e. The molecular weight excluding hydrogens is 366 g/mol. The van der Waals surface area contributed by atoms with E-state index in [4.69, 9.17) is 4.74 Å². The molecule has 7 heteroatoms. The molecule has 1 aromatic carbocycles. The second kappa shape index (κ2) is 8.35. The van der Waals surface area contributed by atoms with Gasteiger partial charge in [-0.2, -0.15) is 5.10 Å². The summed E-state index contributed by atoms with van der Waals surface area (Å²) in [6.07, 6.45) is 8.61. The first-order valence-electron chi connectivity index (χ1n) is 9.05. The van der Waals surface area contributed by atoms with Crippen LogP contribution in [0, 0.1) is 0 Å². The van der Waals surface area contributed by atoms with Gasteiger partial charge in [0.2, 0.25) is 0 Å². The summed E-state index contributed by atoms with van der Waals surface area (Å²) in [4.78, 5) is 20.7. The third kappa shape index (κ3) is 4.30. The van der Waals surface area contributed by atoms with Gasteiger partial charge in [-0.1, -0.05) is 0 Å². The Hall–Kier alpha value is -4.00. The Labute approximate surface area is 168 Å². The molecule has 7 nitrogen and oxygen atoms in total. The van der Waals surface area contributed by atoms with Gasteiger partial charge in [-0.25, -0.2) is 4.68 Å². The minimum Gasteiger partial charge on any atom is -0.497 e. The van der Waals surface area contributed by atoms with Gasteiger partial charge in [-0.05, 0) is 54.1 Å². The van der Waals surface area contributed by atoms with Crippen molar-refractivity contribution in [2.24, 2.45) is 0 Å². The molecular formula is C22H19N5O2. The molecule has 0 aliphatic carbocycles. The van der Waals surface area contributed by atoms with Crippen LogP contribution in [0.4, 0.5) is 0 Å². The number of rotatable bonds is 6. The van der Waals surface area contributed by atoms with E-state index in [1.807, 2.05) is 48.7 Å². The molecule has 0 bridgehead atoms. The Morgan fingerprint density at radius 1 is 1.03 bits per heavy atom. The van der Waals surface area contributed by atoms with Crippen LogP contribution >= 0.6 is 0 Å². The average molecular weight is 385 g/mol. The Morgan fingerprint density at radius 2 is 1.83 bits per heavy atom. The molecule has 0 saturated heterocycles. The fraction of sp³-hybridized carbons (Fsp3) is 0.0909. The number of amides is 1. The summed E-state index contributed by atoms with van der Waals surface area (Å²) in [5, 5.41) is 7.27. The van der Waals surface area contributed by atoms with E-state index < -0.39 is 0 Å². The molecule has 0 spiro atoms. The highest BCUT2D eigenvalue weighted by atomic mass is 16.5. The van der Waals surface area contributed by atoms with E-state index in [-0.39, 0.29) is 5.91 Å². The summed E-state index contributed by atoms with van der Waals surface area (Å²) in [6.45, 7) is 0.442. The van der Waals surface area contributed by atoms with E-state index >= 15 is 0 Å². The van der Waals surface area contributed by atoms with Crippen molar-refractivity contribution in [2.75, 3.05) is 7.11 Å². The number of carbonyl (C=O) groups excluding carboxylic acids is 1. The summed E-state index contributed by atoms with van der Waals surface area (Å²) >= 11 is 0. The van der Waals surface area contributed by atoms with E-state index in [1.165, 1.54) is 0 Å². The third-order valence-electron chi connectivity index (χ3n) is 4.44. The number of carbonyl (C=O) groups is 1. The highest BCUT2D eigenvalue weighted by Crippen LogP contribution is 2.20. The lowest BCUT2D eigenvalue weighted by Gasteiger charge is -2.05. The molecule has 4 rings (SSSR count). The summed E-state index contributed by atoms with van der Waals surface area (Å²) in [5.74, 6) is 0.621. The van der Waals surface area contributed by atoms with Crippen LogP contribution in [0.3, 0.4) is 0 Å². The Bertz CT molecular complexity index is 1090. The second-order valence-corrected chi connectivity index (χ2v) is 6.34. The van der Waals surface area contributed by atoms with Gasteiger partial charge in [-0.15, -0.1) is 0 Å². The minimum atomic E-state index is -0.171. The van der Waals surface area contributed by atoms with Gasteiger partial charge in [0, 0.05) is 36.9 Å². The number of hydrogen-bond acceptors (Lipinski definition) is 5. The number of pyridine rings is 2. The average Bonchev–Trinajstić information content (AvgIpc) is 3.29. The van der Waals surface area contributed by atoms with E-state index in [9.17, 15) is 4.79 Å². The predicted molar refractivity (Wildman–Crippen MR) is 109 cm³/mol. The summed E-state index contributed by atoms with van der Waals surface area (Å²) in [7, 11) is 1.63. The van der Waals surface area contributed by atoms with Crippen LogP contribution in [0.15, 0.2) is 79.5 Å². The fourth-order valence-corrected chi connectivity index (χ4v) is 2.82. The highest BCUT2D eigenvalue weighted by molar-refractivity contribution is 5.94. The molecule has 4 aromatic rings. The Balaban J connectivity index is 1.43. The van der Waals surface area contributed by atoms with Gasteiger partial charge in [0.15, 0.2) is 0 Å². The molecule has 1 N–H and O–H groups in total. The SMILES string of the molecule is COc1ccc(-n2cc(-c3ccc(C(=O)NCc4ccncc4)cn3)cn2)cc1. The van der Waals surface area contributed by atoms with Gasteiger partial charge in [0.05, 0.1) is 30.3 Å². The van der Waals surface area contributed by atoms with Crippen LogP contribution in [0.1, 0.15) is 15.9 Å². The van der Waals surface area contributed by atoms with Gasteiger partial charge in [0.1, 0.15) is 5.75 Å². The van der Waals surface area contributed by atoms with Gasteiger partial charge in [-0.3, -0.25) is 14.8 Å². The number of aromatic nitrogens is 4. The summed E-state index contributed by atoms with van der Waals surface area (Å²) in [6, 6.07) is 14.9. The second-order valence-electron chi connectivity index (χ2n) is 6.34. The van der Waals surface area contributed by atoms with E-state index in [1.54, 1.807) is 42.6 Å². The lowest BCUT2D eigenvalue weighted by atomic mass is 10.2. The standard InChI is InChI=1S/C22H19N5O2/c1-29-20-5-3-19(4-6-20)27-15-18(14-26-27)21-7-2-17(13-24-21)22(28)25-12-16-8-10-23-11-9-16/h2-11,13-15H,12H2,1H3,(H,25,28). The Morgan fingerprint density at radius 3 is 2.52 bits per heavy atom. The van der Waals surface area contributed by atoms with E-state index in [0.29, 0.717) is 12.1 Å².